The highest BCUT2D eigenvalue weighted by Crippen LogP contribution is 2.32. The minimum atomic E-state index is -0.990. The highest BCUT2D eigenvalue weighted by atomic mass is 16.6. The lowest BCUT2D eigenvalue weighted by atomic mass is 9.90. The van der Waals surface area contributed by atoms with Gasteiger partial charge in [0, 0.05) is 0 Å². The number of esters is 1. The summed E-state index contributed by atoms with van der Waals surface area (Å²) in [5.74, 6) is -0.903. The van der Waals surface area contributed by atoms with E-state index in [1.54, 1.807) is 20.8 Å². The molecule has 1 amide bonds. The Morgan fingerprint density at radius 3 is 2.15 bits per heavy atom. The molecule has 0 aromatic rings. The maximum Gasteiger partial charge on any atom is 0.408 e. The molecule has 6 heteroatoms. The molecular formula is C14H23NO5. The van der Waals surface area contributed by atoms with E-state index in [1.165, 1.54) is 7.11 Å². The van der Waals surface area contributed by atoms with Crippen molar-refractivity contribution in [2.24, 2.45) is 0 Å². The number of ether oxygens (including phenoxy) is 2. The lowest BCUT2D eigenvalue weighted by molar-refractivity contribution is -0.144. The van der Waals surface area contributed by atoms with Gasteiger partial charge in [-0.2, -0.15) is 0 Å². The number of hydrogen-bond acceptors (Lipinski definition) is 5. The van der Waals surface area contributed by atoms with Crippen LogP contribution in [0.15, 0.2) is 0 Å². The summed E-state index contributed by atoms with van der Waals surface area (Å²) < 4.78 is 9.69. The SMILES string of the molecule is COC(=O)CC(=O)C1(NC(=O)OC(C)(C)C)CCCC1. The van der Waals surface area contributed by atoms with Gasteiger partial charge < -0.3 is 14.8 Å². The third-order valence-electron chi connectivity index (χ3n) is 3.26. The fourth-order valence-corrected chi connectivity index (χ4v) is 2.32. The Morgan fingerprint density at radius 2 is 1.70 bits per heavy atom. The molecule has 114 valence electrons. The third-order valence-corrected chi connectivity index (χ3v) is 3.26. The van der Waals surface area contributed by atoms with Crippen LogP contribution >= 0.6 is 0 Å². The number of ketones is 1. The van der Waals surface area contributed by atoms with Gasteiger partial charge >= 0.3 is 12.1 Å². The molecule has 1 N–H and O–H groups in total. The molecule has 1 aliphatic rings. The zero-order valence-electron chi connectivity index (χ0n) is 12.6. The predicted molar refractivity (Wildman–Crippen MR) is 72.2 cm³/mol. The van der Waals surface area contributed by atoms with Crippen molar-refractivity contribution >= 4 is 17.8 Å². The van der Waals surface area contributed by atoms with E-state index in [2.05, 4.69) is 10.1 Å². The highest BCUT2D eigenvalue weighted by molar-refractivity contribution is 6.02. The Hall–Kier alpha value is -1.59. The summed E-state index contributed by atoms with van der Waals surface area (Å²) >= 11 is 0. The summed E-state index contributed by atoms with van der Waals surface area (Å²) in [5.41, 5.74) is -1.62. The Morgan fingerprint density at radius 1 is 1.15 bits per heavy atom. The summed E-state index contributed by atoms with van der Waals surface area (Å²) in [6.07, 6.45) is 1.78. The topological polar surface area (TPSA) is 81.7 Å². The molecule has 0 spiro atoms. The van der Waals surface area contributed by atoms with E-state index in [1.807, 2.05) is 0 Å². The molecule has 0 atom stereocenters. The molecular weight excluding hydrogens is 262 g/mol. The smallest absolute Gasteiger partial charge is 0.408 e. The van der Waals surface area contributed by atoms with E-state index in [9.17, 15) is 14.4 Å². The highest BCUT2D eigenvalue weighted by Gasteiger charge is 2.43. The van der Waals surface area contributed by atoms with E-state index in [-0.39, 0.29) is 12.2 Å². The Balaban J connectivity index is 2.74. The van der Waals surface area contributed by atoms with Gasteiger partial charge in [0.25, 0.3) is 0 Å². The number of carbonyl (C=O) groups excluding carboxylic acids is 3. The largest absolute Gasteiger partial charge is 0.469 e. The van der Waals surface area contributed by atoms with Crippen molar-refractivity contribution in [3.05, 3.63) is 0 Å². The summed E-state index contributed by atoms with van der Waals surface area (Å²) in [5, 5.41) is 2.66. The van der Waals surface area contributed by atoms with Crippen LogP contribution in [0.2, 0.25) is 0 Å². The summed E-state index contributed by atoms with van der Waals surface area (Å²) in [6.45, 7) is 5.26. The number of alkyl carbamates (subject to hydrolysis) is 1. The first-order valence-corrected chi connectivity index (χ1v) is 6.80. The van der Waals surface area contributed by atoms with Crippen LogP contribution in [0, 0.1) is 0 Å². The quantitative estimate of drug-likeness (QED) is 0.630. The minimum absolute atomic E-state index is 0.312. The maximum atomic E-state index is 12.3. The summed E-state index contributed by atoms with van der Waals surface area (Å²) in [7, 11) is 1.23. The molecule has 0 aliphatic heterocycles. The number of rotatable bonds is 4. The fraction of sp³-hybridized carbons (Fsp3) is 0.786. The molecule has 1 fully saturated rings. The minimum Gasteiger partial charge on any atom is -0.469 e. The van der Waals surface area contributed by atoms with Crippen LogP contribution in [0.3, 0.4) is 0 Å². The first-order chi connectivity index (χ1) is 9.18. The molecule has 0 heterocycles. The van der Waals surface area contributed by atoms with Gasteiger partial charge in [-0.3, -0.25) is 9.59 Å². The summed E-state index contributed by atoms with van der Waals surface area (Å²) in [4.78, 5) is 35.4. The monoisotopic (exact) mass is 285 g/mol. The Bertz CT molecular complexity index is 391. The molecule has 0 bridgehead atoms. The fourth-order valence-electron chi connectivity index (χ4n) is 2.32. The average molecular weight is 285 g/mol. The second-order valence-electron chi connectivity index (χ2n) is 6.09. The number of nitrogens with one attached hydrogen (secondary N) is 1. The predicted octanol–water partition coefficient (Wildman–Crippen LogP) is 1.96. The number of amides is 1. The van der Waals surface area contributed by atoms with Crippen LogP contribution in [-0.2, 0) is 19.1 Å². The lowest BCUT2D eigenvalue weighted by Crippen LogP contribution is -2.54. The zero-order chi connectivity index (χ0) is 15.4. The number of hydrogen-bond donors (Lipinski definition) is 1. The van der Waals surface area contributed by atoms with Crippen LogP contribution in [-0.4, -0.2) is 36.1 Å². The van der Waals surface area contributed by atoms with Crippen molar-refractivity contribution in [3.63, 3.8) is 0 Å². The number of carbonyl (C=O) groups is 3. The van der Waals surface area contributed by atoms with E-state index < -0.39 is 23.2 Å². The molecule has 0 aromatic heterocycles. The molecule has 1 saturated carbocycles. The molecule has 0 aromatic carbocycles. The number of methoxy groups -OCH3 is 1. The van der Waals surface area contributed by atoms with Gasteiger partial charge in [-0.15, -0.1) is 0 Å². The van der Waals surface area contributed by atoms with Crippen molar-refractivity contribution in [2.45, 2.75) is 64.0 Å². The van der Waals surface area contributed by atoms with Crippen molar-refractivity contribution in [1.82, 2.24) is 5.32 Å². The third kappa shape index (κ3) is 4.51. The van der Waals surface area contributed by atoms with Crippen molar-refractivity contribution in [3.8, 4) is 0 Å². The molecule has 0 radical (unpaired) electrons. The average Bonchev–Trinajstić information content (AvgIpc) is 2.75. The van der Waals surface area contributed by atoms with Crippen molar-refractivity contribution in [1.29, 1.82) is 0 Å². The van der Waals surface area contributed by atoms with Crippen LogP contribution < -0.4 is 5.32 Å². The Labute approximate surface area is 119 Å². The zero-order valence-corrected chi connectivity index (χ0v) is 12.6. The van der Waals surface area contributed by atoms with E-state index in [4.69, 9.17) is 4.74 Å². The van der Waals surface area contributed by atoms with Gasteiger partial charge in [0.15, 0.2) is 5.78 Å². The maximum absolute atomic E-state index is 12.3. The molecule has 0 unspecified atom stereocenters. The van der Waals surface area contributed by atoms with Crippen LogP contribution in [0.25, 0.3) is 0 Å². The van der Waals surface area contributed by atoms with E-state index in [0.717, 1.165) is 12.8 Å². The van der Waals surface area contributed by atoms with Crippen LogP contribution in [0.4, 0.5) is 4.79 Å². The second-order valence-corrected chi connectivity index (χ2v) is 6.09. The molecule has 0 saturated heterocycles. The van der Waals surface area contributed by atoms with Gasteiger partial charge in [-0.25, -0.2) is 4.79 Å². The van der Waals surface area contributed by atoms with Crippen LogP contribution in [0.5, 0.6) is 0 Å². The lowest BCUT2D eigenvalue weighted by Gasteiger charge is -2.30. The molecule has 1 aliphatic carbocycles. The molecule has 1 rings (SSSR count). The van der Waals surface area contributed by atoms with Gasteiger partial charge in [0.2, 0.25) is 0 Å². The van der Waals surface area contributed by atoms with E-state index in [0.29, 0.717) is 12.8 Å². The van der Waals surface area contributed by atoms with Gasteiger partial charge in [-0.1, -0.05) is 12.8 Å². The van der Waals surface area contributed by atoms with Gasteiger partial charge in [0.1, 0.15) is 17.6 Å². The first-order valence-electron chi connectivity index (χ1n) is 6.80. The van der Waals surface area contributed by atoms with E-state index >= 15 is 0 Å². The Kier molecular flexibility index (Phi) is 5.14. The van der Waals surface area contributed by atoms with Gasteiger partial charge in [0.05, 0.1) is 7.11 Å². The van der Waals surface area contributed by atoms with Crippen molar-refractivity contribution < 1.29 is 23.9 Å². The normalized spacial score (nSPS) is 17.4. The first kappa shape index (κ1) is 16.5. The molecule has 6 nitrogen and oxygen atoms in total. The van der Waals surface area contributed by atoms with Gasteiger partial charge in [-0.05, 0) is 33.6 Å². The van der Waals surface area contributed by atoms with Crippen LogP contribution in [0.1, 0.15) is 52.9 Å². The number of Topliss-reactive ketones (excluding diaryl/α,β-unsaturated/α-hetero) is 1. The molecule has 20 heavy (non-hydrogen) atoms. The summed E-state index contributed by atoms with van der Waals surface area (Å²) in [6, 6.07) is 0. The van der Waals surface area contributed by atoms with Crippen molar-refractivity contribution in [2.75, 3.05) is 7.11 Å². The second kappa shape index (κ2) is 6.24. The standard InChI is InChI=1S/C14H23NO5/c1-13(2,3)20-12(18)15-14(7-5-6-8-14)10(16)9-11(17)19-4/h5-9H2,1-4H3,(H,15,18).